The Labute approximate surface area is 111 Å². The Morgan fingerprint density at radius 3 is 2.50 bits per heavy atom. The SMILES string of the molecule is Cc1nc(C(O)c2ccc(C3CCC3)cc2)cs1. The molecule has 1 aliphatic rings. The standard InChI is InChI=1S/C15H17NOS/c1-10-16-14(9-18-10)15(17)13-7-5-12(6-8-13)11-3-2-4-11/h5-9,11,15,17H,2-4H2,1H3. The number of benzene rings is 1. The Morgan fingerprint density at radius 1 is 1.28 bits per heavy atom. The molecule has 1 aromatic carbocycles. The molecule has 18 heavy (non-hydrogen) atoms. The monoisotopic (exact) mass is 259 g/mol. The molecule has 3 heteroatoms. The highest BCUT2D eigenvalue weighted by Crippen LogP contribution is 2.36. The zero-order valence-electron chi connectivity index (χ0n) is 10.5. The van der Waals surface area contributed by atoms with Crippen molar-refractivity contribution in [1.29, 1.82) is 0 Å². The molecule has 0 spiro atoms. The lowest BCUT2D eigenvalue weighted by Gasteiger charge is -2.26. The van der Waals surface area contributed by atoms with Crippen LogP contribution < -0.4 is 0 Å². The minimum atomic E-state index is -0.592. The van der Waals surface area contributed by atoms with Gasteiger partial charge in [-0.1, -0.05) is 30.7 Å². The Bertz CT molecular complexity index is 528. The first-order valence-electron chi connectivity index (χ1n) is 6.44. The van der Waals surface area contributed by atoms with E-state index in [-0.39, 0.29) is 0 Å². The fourth-order valence-corrected chi connectivity index (χ4v) is 3.00. The van der Waals surface area contributed by atoms with E-state index in [1.54, 1.807) is 11.3 Å². The van der Waals surface area contributed by atoms with Crippen LogP contribution in [0.15, 0.2) is 29.6 Å². The van der Waals surface area contributed by atoms with Gasteiger partial charge >= 0.3 is 0 Å². The van der Waals surface area contributed by atoms with Gasteiger partial charge in [-0.25, -0.2) is 4.98 Å². The smallest absolute Gasteiger partial charge is 0.122 e. The van der Waals surface area contributed by atoms with Crippen LogP contribution in [-0.2, 0) is 0 Å². The van der Waals surface area contributed by atoms with Crippen LogP contribution in [0.25, 0.3) is 0 Å². The molecule has 0 aliphatic heterocycles. The molecular weight excluding hydrogens is 242 g/mol. The van der Waals surface area contributed by atoms with Crippen molar-refractivity contribution in [1.82, 2.24) is 4.98 Å². The first-order chi connectivity index (χ1) is 8.74. The summed E-state index contributed by atoms with van der Waals surface area (Å²) in [6.07, 6.45) is 3.39. The molecule has 1 N–H and O–H groups in total. The minimum Gasteiger partial charge on any atom is -0.382 e. The van der Waals surface area contributed by atoms with Crippen LogP contribution in [-0.4, -0.2) is 10.1 Å². The van der Waals surface area contributed by atoms with Crippen molar-refractivity contribution in [3.05, 3.63) is 51.5 Å². The van der Waals surface area contributed by atoms with Crippen LogP contribution in [0.3, 0.4) is 0 Å². The van der Waals surface area contributed by atoms with E-state index in [0.29, 0.717) is 0 Å². The maximum Gasteiger partial charge on any atom is 0.122 e. The predicted octanol–water partition coefficient (Wildman–Crippen LogP) is 3.80. The molecule has 0 amide bonds. The van der Waals surface area contributed by atoms with E-state index < -0.39 is 6.10 Å². The fourth-order valence-electron chi connectivity index (χ4n) is 2.37. The number of thiazole rings is 1. The summed E-state index contributed by atoms with van der Waals surface area (Å²) in [6.45, 7) is 1.96. The molecule has 0 bridgehead atoms. The lowest BCUT2D eigenvalue weighted by Crippen LogP contribution is -2.09. The molecule has 1 aliphatic carbocycles. The number of aliphatic hydroxyl groups excluding tert-OH is 1. The Morgan fingerprint density at radius 2 is 2.00 bits per heavy atom. The molecule has 1 unspecified atom stereocenters. The quantitative estimate of drug-likeness (QED) is 0.909. The molecule has 1 saturated carbocycles. The molecule has 3 rings (SSSR count). The highest BCUT2D eigenvalue weighted by Gasteiger charge is 2.20. The molecule has 1 aromatic heterocycles. The highest BCUT2D eigenvalue weighted by molar-refractivity contribution is 7.09. The molecule has 0 saturated heterocycles. The third-order valence-corrected chi connectivity index (χ3v) is 4.54. The number of aromatic nitrogens is 1. The summed E-state index contributed by atoms with van der Waals surface area (Å²) >= 11 is 1.58. The Kier molecular flexibility index (Phi) is 3.18. The van der Waals surface area contributed by atoms with Gasteiger partial charge in [0.15, 0.2) is 0 Å². The Balaban J connectivity index is 1.79. The molecule has 1 atom stereocenters. The van der Waals surface area contributed by atoms with Gasteiger partial charge in [0.25, 0.3) is 0 Å². The zero-order chi connectivity index (χ0) is 12.5. The van der Waals surface area contributed by atoms with Crippen LogP contribution >= 0.6 is 11.3 Å². The van der Waals surface area contributed by atoms with Gasteiger partial charge < -0.3 is 5.11 Å². The van der Waals surface area contributed by atoms with Gasteiger partial charge in [0.1, 0.15) is 6.10 Å². The first kappa shape index (κ1) is 11.9. The third kappa shape index (κ3) is 2.20. The van der Waals surface area contributed by atoms with Crippen LogP contribution in [0.5, 0.6) is 0 Å². The van der Waals surface area contributed by atoms with Crippen LogP contribution in [0.1, 0.15) is 53.1 Å². The maximum atomic E-state index is 10.3. The summed E-state index contributed by atoms with van der Waals surface area (Å²) in [5, 5.41) is 13.2. The van der Waals surface area contributed by atoms with Gasteiger partial charge in [-0.15, -0.1) is 11.3 Å². The molecule has 0 radical (unpaired) electrons. The van der Waals surface area contributed by atoms with Gasteiger partial charge in [0.05, 0.1) is 10.7 Å². The van der Waals surface area contributed by atoms with Crippen molar-refractivity contribution in [2.45, 2.75) is 38.2 Å². The fraction of sp³-hybridized carbons (Fsp3) is 0.400. The number of nitrogens with zero attached hydrogens (tertiary/aromatic N) is 1. The van der Waals surface area contributed by atoms with E-state index in [0.717, 1.165) is 22.2 Å². The van der Waals surface area contributed by atoms with E-state index in [2.05, 4.69) is 17.1 Å². The Hall–Kier alpha value is -1.19. The summed E-state index contributed by atoms with van der Waals surface area (Å²) in [4.78, 5) is 4.34. The molecule has 1 heterocycles. The van der Waals surface area contributed by atoms with Crippen LogP contribution in [0, 0.1) is 6.92 Å². The van der Waals surface area contributed by atoms with E-state index in [1.807, 2.05) is 24.4 Å². The zero-order valence-corrected chi connectivity index (χ0v) is 11.3. The van der Waals surface area contributed by atoms with E-state index in [4.69, 9.17) is 0 Å². The molecule has 94 valence electrons. The summed E-state index contributed by atoms with van der Waals surface area (Å²) in [5.74, 6) is 0.748. The van der Waals surface area contributed by atoms with Crippen molar-refractivity contribution >= 4 is 11.3 Å². The average Bonchev–Trinajstić information content (AvgIpc) is 2.74. The van der Waals surface area contributed by atoms with Crippen molar-refractivity contribution in [3.8, 4) is 0 Å². The second kappa shape index (κ2) is 4.82. The maximum absolute atomic E-state index is 10.3. The van der Waals surface area contributed by atoms with Gasteiger partial charge in [0.2, 0.25) is 0 Å². The van der Waals surface area contributed by atoms with E-state index in [9.17, 15) is 5.11 Å². The molecule has 1 fully saturated rings. The summed E-state index contributed by atoms with van der Waals surface area (Å²) < 4.78 is 0. The van der Waals surface area contributed by atoms with Crippen molar-refractivity contribution < 1.29 is 5.11 Å². The van der Waals surface area contributed by atoms with Gasteiger partial charge in [-0.3, -0.25) is 0 Å². The van der Waals surface area contributed by atoms with Gasteiger partial charge in [-0.05, 0) is 36.8 Å². The summed E-state index contributed by atoms with van der Waals surface area (Å²) in [6, 6.07) is 8.38. The second-order valence-corrected chi connectivity index (χ2v) is 6.05. The van der Waals surface area contributed by atoms with E-state index >= 15 is 0 Å². The summed E-state index contributed by atoms with van der Waals surface area (Å²) in [7, 11) is 0. The minimum absolute atomic E-state index is 0.592. The highest BCUT2D eigenvalue weighted by atomic mass is 32.1. The molecular formula is C15H17NOS. The summed E-state index contributed by atoms with van der Waals surface area (Å²) in [5.41, 5.74) is 3.10. The lowest BCUT2D eigenvalue weighted by atomic mass is 9.80. The van der Waals surface area contributed by atoms with Crippen LogP contribution in [0.2, 0.25) is 0 Å². The predicted molar refractivity (Wildman–Crippen MR) is 73.9 cm³/mol. The molecule has 2 aromatic rings. The first-order valence-corrected chi connectivity index (χ1v) is 7.32. The molecule has 2 nitrogen and oxygen atoms in total. The van der Waals surface area contributed by atoms with Gasteiger partial charge in [-0.2, -0.15) is 0 Å². The van der Waals surface area contributed by atoms with E-state index in [1.165, 1.54) is 24.8 Å². The number of aryl methyl sites for hydroxylation is 1. The number of rotatable bonds is 3. The number of hydrogen-bond donors (Lipinski definition) is 1. The average molecular weight is 259 g/mol. The van der Waals surface area contributed by atoms with Crippen molar-refractivity contribution in [3.63, 3.8) is 0 Å². The van der Waals surface area contributed by atoms with Crippen molar-refractivity contribution in [2.24, 2.45) is 0 Å². The van der Waals surface area contributed by atoms with Crippen LogP contribution in [0.4, 0.5) is 0 Å². The topological polar surface area (TPSA) is 33.1 Å². The number of aliphatic hydroxyl groups is 1. The lowest BCUT2D eigenvalue weighted by molar-refractivity contribution is 0.216. The van der Waals surface area contributed by atoms with Crippen molar-refractivity contribution in [2.75, 3.05) is 0 Å². The number of hydrogen-bond acceptors (Lipinski definition) is 3. The third-order valence-electron chi connectivity index (χ3n) is 3.75. The second-order valence-electron chi connectivity index (χ2n) is 4.99. The normalized spacial score (nSPS) is 17.4. The largest absolute Gasteiger partial charge is 0.382 e. The van der Waals surface area contributed by atoms with Gasteiger partial charge in [0, 0.05) is 5.38 Å².